The van der Waals surface area contributed by atoms with Crippen molar-refractivity contribution in [1.29, 1.82) is 0 Å². The van der Waals surface area contributed by atoms with Gasteiger partial charge >= 0.3 is 0 Å². The largest absolute Gasteiger partial charge is 0.354 e. The fourth-order valence-electron chi connectivity index (χ4n) is 3.19. The van der Waals surface area contributed by atoms with Crippen LogP contribution in [0.2, 0.25) is 0 Å². The van der Waals surface area contributed by atoms with Crippen molar-refractivity contribution in [1.82, 2.24) is 14.9 Å². The lowest BCUT2D eigenvalue weighted by Gasteiger charge is -2.35. The first-order chi connectivity index (χ1) is 10.5. The SMILES string of the molecule is Cc1nccc(N2CCC(=O)N(CC3CC3)[C@@H](C(C)C)C2)n1. The lowest BCUT2D eigenvalue weighted by atomic mass is 10.0. The summed E-state index contributed by atoms with van der Waals surface area (Å²) >= 11 is 0. The first-order valence-corrected chi connectivity index (χ1v) is 8.38. The third-order valence-electron chi connectivity index (χ3n) is 4.73. The second-order valence-electron chi connectivity index (χ2n) is 6.96. The Hall–Kier alpha value is -1.65. The smallest absolute Gasteiger partial charge is 0.224 e. The van der Waals surface area contributed by atoms with Gasteiger partial charge in [0.2, 0.25) is 5.91 Å². The fourth-order valence-corrected chi connectivity index (χ4v) is 3.19. The van der Waals surface area contributed by atoms with Crippen LogP contribution in [-0.2, 0) is 4.79 Å². The number of aryl methyl sites for hydroxylation is 1. The predicted octanol–water partition coefficient (Wildman–Crippen LogP) is 2.26. The van der Waals surface area contributed by atoms with E-state index in [0.29, 0.717) is 18.2 Å². The van der Waals surface area contributed by atoms with E-state index in [2.05, 4.69) is 33.6 Å². The van der Waals surface area contributed by atoms with E-state index in [1.165, 1.54) is 12.8 Å². The van der Waals surface area contributed by atoms with Gasteiger partial charge in [0.25, 0.3) is 0 Å². The molecule has 0 aromatic carbocycles. The molecule has 120 valence electrons. The highest BCUT2D eigenvalue weighted by Gasteiger charge is 2.35. The van der Waals surface area contributed by atoms with Crippen LogP contribution in [0.25, 0.3) is 0 Å². The van der Waals surface area contributed by atoms with Crippen molar-refractivity contribution in [2.75, 3.05) is 24.5 Å². The van der Waals surface area contributed by atoms with Crippen LogP contribution in [0.4, 0.5) is 5.82 Å². The topological polar surface area (TPSA) is 49.3 Å². The minimum Gasteiger partial charge on any atom is -0.354 e. The summed E-state index contributed by atoms with van der Waals surface area (Å²) in [6, 6.07) is 2.22. The zero-order chi connectivity index (χ0) is 15.7. The van der Waals surface area contributed by atoms with E-state index >= 15 is 0 Å². The van der Waals surface area contributed by atoms with Gasteiger partial charge in [0.05, 0.1) is 6.04 Å². The van der Waals surface area contributed by atoms with Gasteiger partial charge in [-0.3, -0.25) is 4.79 Å². The molecule has 5 heteroatoms. The van der Waals surface area contributed by atoms with Gasteiger partial charge in [-0.2, -0.15) is 0 Å². The molecule has 5 nitrogen and oxygen atoms in total. The molecule has 3 rings (SSSR count). The molecule has 2 heterocycles. The zero-order valence-electron chi connectivity index (χ0n) is 13.8. The van der Waals surface area contributed by atoms with E-state index < -0.39 is 0 Å². The number of aromatic nitrogens is 2. The van der Waals surface area contributed by atoms with Crippen molar-refractivity contribution in [2.24, 2.45) is 11.8 Å². The summed E-state index contributed by atoms with van der Waals surface area (Å²) in [4.78, 5) is 25.7. The van der Waals surface area contributed by atoms with Gasteiger partial charge < -0.3 is 9.80 Å². The first-order valence-electron chi connectivity index (χ1n) is 8.38. The Balaban J connectivity index is 1.82. The minimum atomic E-state index is 0.269. The second kappa shape index (κ2) is 6.23. The second-order valence-corrected chi connectivity index (χ2v) is 6.96. The monoisotopic (exact) mass is 302 g/mol. The molecule has 2 fully saturated rings. The van der Waals surface area contributed by atoms with Gasteiger partial charge in [-0.25, -0.2) is 9.97 Å². The van der Waals surface area contributed by atoms with E-state index in [1.54, 1.807) is 6.20 Å². The zero-order valence-corrected chi connectivity index (χ0v) is 13.8. The molecule has 1 atom stereocenters. The highest BCUT2D eigenvalue weighted by Crippen LogP contribution is 2.32. The Morgan fingerprint density at radius 3 is 2.77 bits per heavy atom. The summed E-state index contributed by atoms with van der Waals surface area (Å²) < 4.78 is 0. The van der Waals surface area contributed by atoms with E-state index in [1.807, 2.05) is 13.0 Å². The molecule has 22 heavy (non-hydrogen) atoms. The summed E-state index contributed by atoms with van der Waals surface area (Å²) in [6.45, 7) is 8.90. The molecular formula is C17H26N4O. The van der Waals surface area contributed by atoms with Gasteiger partial charge in [-0.1, -0.05) is 13.8 Å². The maximum Gasteiger partial charge on any atom is 0.224 e. The number of nitrogens with zero attached hydrogens (tertiary/aromatic N) is 4. The molecule has 2 aliphatic rings. The molecule has 1 saturated heterocycles. The van der Waals surface area contributed by atoms with Crippen molar-refractivity contribution in [3.63, 3.8) is 0 Å². The third kappa shape index (κ3) is 3.39. The quantitative estimate of drug-likeness (QED) is 0.856. The van der Waals surface area contributed by atoms with Crippen LogP contribution in [0, 0.1) is 18.8 Å². The van der Waals surface area contributed by atoms with Crippen molar-refractivity contribution in [2.45, 2.75) is 46.1 Å². The molecule has 0 N–H and O–H groups in total. The first kappa shape index (κ1) is 15.3. The highest BCUT2D eigenvalue weighted by molar-refractivity contribution is 5.78. The van der Waals surface area contributed by atoms with E-state index in [9.17, 15) is 4.79 Å². The lowest BCUT2D eigenvalue weighted by molar-refractivity contribution is -0.133. The molecule has 0 bridgehead atoms. The van der Waals surface area contributed by atoms with Gasteiger partial charge in [0, 0.05) is 32.3 Å². The summed E-state index contributed by atoms with van der Waals surface area (Å²) in [6.07, 6.45) is 4.95. The van der Waals surface area contributed by atoms with E-state index in [-0.39, 0.29) is 6.04 Å². The Labute approximate surface area is 132 Å². The molecule has 1 aliphatic carbocycles. The van der Waals surface area contributed by atoms with Crippen molar-refractivity contribution >= 4 is 11.7 Å². The van der Waals surface area contributed by atoms with Crippen molar-refractivity contribution in [3.05, 3.63) is 18.1 Å². The summed E-state index contributed by atoms with van der Waals surface area (Å²) in [7, 11) is 0. The van der Waals surface area contributed by atoms with Crippen LogP contribution < -0.4 is 4.90 Å². The van der Waals surface area contributed by atoms with Gasteiger partial charge in [-0.15, -0.1) is 0 Å². The van der Waals surface area contributed by atoms with E-state index in [4.69, 9.17) is 0 Å². The number of rotatable bonds is 4. The molecule has 0 spiro atoms. The number of anilines is 1. The summed E-state index contributed by atoms with van der Waals surface area (Å²) in [5.74, 6) is 3.21. The van der Waals surface area contributed by atoms with E-state index in [0.717, 1.165) is 37.2 Å². The Kier molecular flexibility index (Phi) is 4.32. The maximum atomic E-state index is 12.6. The van der Waals surface area contributed by atoms with Crippen LogP contribution in [0.1, 0.15) is 38.9 Å². The van der Waals surface area contributed by atoms with Crippen LogP contribution >= 0.6 is 0 Å². The number of hydrogen-bond donors (Lipinski definition) is 0. The van der Waals surface area contributed by atoms with Crippen LogP contribution in [0.15, 0.2) is 12.3 Å². The standard InChI is InChI=1S/C17H26N4O/c1-12(2)15-11-20(16-6-8-18-13(3)19-16)9-7-17(22)21(15)10-14-4-5-14/h6,8,12,14-15H,4-5,7,9-11H2,1-3H3/t15-/m1/s1. The predicted molar refractivity (Wildman–Crippen MR) is 86.7 cm³/mol. The number of carbonyl (C=O) groups is 1. The molecule has 1 aromatic heterocycles. The number of amides is 1. The van der Waals surface area contributed by atoms with Crippen molar-refractivity contribution < 1.29 is 4.79 Å². The normalized spacial score (nSPS) is 23.1. The molecule has 1 amide bonds. The maximum absolute atomic E-state index is 12.6. The molecule has 1 aromatic rings. The average Bonchev–Trinajstić information content (AvgIpc) is 3.29. The lowest BCUT2D eigenvalue weighted by Crippen LogP contribution is -2.47. The molecule has 1 saturated carbocycles. The van der Waals surface area contributed by atoms with Gasteiger partial charge in [0.15, 0.2) is 0 Å². The molecular weight excluding hydrogens is 276 g/mol. The minimum absolute atomic E-state index is 0.269. The fraction of sp³-hybridized carbons (Fsp3) is 0.706. The van der Waals surface area contributed by atoms with Crippen LogP contribution in [0.3, 0.4) is 0 Å². The molecule has 0 radical (unpaired) electrons. The average molecular weight is 302 g/mol. The molecule has 0 unspecified atom stereocenters. The van der Waals surface area contributed by atoms with Crippen LogP contribution in [-0.4, -0.2) is 46.5 Å². The number of carbonyl (C=O) groups excluding carboxylic acids is 1. The van der Waals surface area contributed by atoms with Crippen molar-refractivity contribution in [3.8, 4) is 0 Å². The Morgan fingerprint density at radius 2 is 2.14 bits per heavy atom. The molecule has 1 aliphatic heterocycles. The van der Waals surface area contributed by atoms with Gasteiger partial charge in [-0.05, 0) is 37.7 Å². The van der Waals surface area contributed by atoms with Crippen LogP contribution in [0.5, 0.6) is 0 Å². The van der Waals surface area contributed by atoms with Gasteiger partial charge in [0.1, 0.15) is 11.6 Å². The Bertz CT molecular complexity index is 541. The Morgan fingerprint density at radius 1 is 1.36 bits per heavy atom. The highest BCUT2D eigenvalue weighted by atomic mass is 16.2. The number of hydrogen-bond acceptors (Lipinski definition) is 4. The third-order valence-corrected chi connectivity index (χ3v) is 4.73. The summed E-state index contributed by atoms with van der Waals surface area (Å²) in [5, 5.41) is 0. The summed E-state index contributed by atoms with van der Waals surface area (Å²) in [5.41, 5.74) is 0.